The number of aryl methyl sites for hydroxylation is 1. The molecule has 0 amide bonds. The minimum absolute atomic E-state index is 0.688. The second-order valence-electron chi connectivity index (χ2n) is 4.16. The molecule has 3 rings (SSSR count). The van der Waals surface area contributed by atoms with Gasteiger partial charge in [0.15, 0.2) is 0 Å². The molecule has 1 aromatic carbocycles. The number of nitrogens with zero attached hydrogens (tertiary/aromatic N) is 2. The largest absolute Gasteiger partial charge is 0.497 e. The zero-order chi connectivity index (χ0) is 10.4. The molecule has 1 heterocycles. The van der Waals surface area contributed by atoms with Crippen LogP contribution >= 0.6 is 0 Å². The monoisotopic (exact) mass is 202 g/mol. The highest BCUT2D eigenvalue weighted by molar-refractivity contribution is 5.78. The molecule has 0 aliphatic heterocycles. The summed E-state index contributed by atoms with van der Waals surface area (Å²) in [5.74, 6) is 2.81. The van der Waals surface area contributed by atoms with Crippen molar-refractivity contribution in [1.82, 2.24) is 9.55 Å². The third-order valence-corrected chi connectivity index (χ3v) is 3.07. The summed E-state index contributed by atoms with van der Waals surface area (Å²) in [6.07, 6.45) is 2.57. The smallest absolute Gasteiger partial charge is 0.121 e. The normalized spacial score (nSPS) is 15.9. The van der Waals surface area contributed by atoms with Crippen LogP contribution in [0.5, 0.6) is 5.75 Å². The van der Waals surface area contributed by atoms with Crippen molar-refractivity contribution < 1.29 is 4.74 Å². The summed E-state index contributed by atoms with van der Waals surface area (Å²) in [5.41, 5.74) is 2.23. The molecule has 1 saturated carbocycles. The van der Waals surface area contributed by atoms with Crippen LogP contribution < -0.4 is 4.74 Å². The van der Waals surface area contributed by atoms with E-state index in [-0.39, 0.29) is 0 Å². The Hall–Kier alpha value is -1.51. The van der Waals surface area contributed by atoms with Gasteiger partial charge in [-0.2, -0.15) is 0 Å². The van der Waals surface area contributed by atoms with E-state index in [1.807, 2.05) is 18.2 Å². The minimum atomic E-state index is 0.688. The number of rotatable bonds is 2. The molecular weight excluding hydrogens is 188 g/mol. The predicted octanol–water partition coefficient (Wildman–Crippen LogP) is 2.46. The molecule has 1 aromatic heterocycles. The van der Waals surface area contributed by atoms with Crippen LogP contribution in [0.1, 0.15) is 24.6 Å². The topological polar surface area (TPSA) is 27.1 Å². The van der Waals surface area contributed by atoms with Crippen molar-refractivity contribution in [3.63, 3.8) is 0 Å². The van der Waals surface area contributed by atoms with Gasteiger partial charge in [-0.25, -0.2) is 4.98 Å². The van der Waals surface area contributed by atoms with E-state index < -0.39 is 0 Å². The zero-order valence-electron chi connectivity index (χ0n) is 9.03. The number of hydrogen-bond donors (Lipinski definition) is 0. The summed E-state index contributed by atoms with van der Waals surface area (Å²) in [7, 11) is 3.78. The van der Waals surface area contributed by atoms with Crippen molar-refractivity contribution >= 4 is 11.0 Å². The second kappa shape index (κ2) is 2.99. The Morgan fingerprint density at radius 2 is 2.20 bits per heavy atom. The highest BCUT2D eigenvalue weighted by Crippen LogP contribution is 2.40. The predicted molar refractivity (Wildman–Crippen MR) is 59.2 cm³/mol. The highest BCUT2D eigenvalue weighted by Gasteiger charge is 2.28. The van der Waals surface area contributed by atoms with Crippen LogP contribution in [0.25, 0.3) is 11.0 Å². The molecule has 1 aliphatic rings. The van der Waals surface area contributed by atoms with Crippen molar-refractivity contribution in [3.05, 3.63) is 24.0 Å². The van der Waals surface area contributed by atoms with E-state index in [4.69, 9.17) is 4.74 Å². The van der Waals surface area contributed by atoms with Gasteiger partial charge in [0.2, 0.25) is 0 Å². The molecule has 15 heavy (non-hydrogen) atoms. The van der Waals surface area contributed by atoms with E-state index in [0.29, 0.717) is 5.92 Å². The Bertz CT molecular complexity index is 512. The van der Waals surface area contributed by atoms with E-state index >= 15 is 0 Å². The van der Waals surface area contributed by atoms with Gasteiger partial charge in [0.25, 0.3) is 0 Å². The molecule has 78 valence electrons. The van der Waals surface area contributed by atoms with E-state index in [1.54, 1.807) is 7.11 Å². The molecule has 2 aromatic rings. The number of hydrogen-bond acceptors (Lipinski definition) is 2. The lowest BCUT2D eigenvalue weighted by atomic mass is 10.3. The molecule has 3 nitrogen and oxygen atoms in total. The molecule has 3 heteroatoms. The summed E-state index contributed by atoms with van der Waals surface area (Å²) < 4.78 is 7.41. The second-order valence-corrected chi connectivity index (χ2v) is 4.16. The summed E-state index contributed by atoms with van der Waals surface area (Å²) in [6, 6.07) is 6.04. The molecule has 0 N–H and O–H groups in total. The van der Waals surface area contributed by atoms with Crippen LogP contribution in [-0.2, 0) is 7.05 Å². The van der Waals surface area contributed by atoms with E-state index in [0.717, 1.165) is 16.8 Å². The standard InChI is InChI=1S/C12H14N2O/c1-14-11-7-9(15-2)5-6-10(11)13-12(14)8-3-4-8/h5-8H,3-4H2,1-2H3. The Labute approximate surface area is 88.7 Å². The first kappa shape index (κ1) is 8.77. The van der Waals surface area contributed by atoms with Crippen LogP contribution in [0.4, 0.5) is 0 Å². The van der Waals surface area contributed by atoms with Crippen LogP contribution in [0.2, 0.25) is 0 Å². The Kier molecular flexibility index (Phi) is 1.75. The Morgan fingerprint density at radius 1 is 1.40 bits per heavy atom. The van der Waals surface area contributed by atoms with Crippen molar-refractivity contribution in [3.8, 4) is 5.75 Å². The molecular formula is C12H14N2O. The quantitative estimate of drug-likeness (QED) is 0.748. The number of aromatic nitrogens is 2. The van der Waals surface area contributed by atoms with Gasteiger partial charge in [-0.1, -0.05) is 0 Å². The van der Waals surface area contributed by atoms with Crippen LogP contribution in [0.15, 0.2) is 18.2 Å². The fourth-order valence-corrected chi connectivity index (χ4v) is 2.02. The van der Waals surface area contributed by atoms with Gasteiger partial charge >= 0.3 is 0 Å². The number of fused-ring (bicyclic) bond motifs is 1. The van der Waals surface area contributed by atoms with Gasteiger partial charge in [0.1, 0.15) is 11.6 Å². The summed E-state index contributed by atoms with van der Waals surface area (Å²) >= 11 is 0. The average molecular weight is 202 g/mol. The van der Waals surface area contributed by atoms with Crippen molar-refractivity contribution in [1.29, 1.82) is 0 Å². The molecule has 0 atom stereocenters. The first-order chi connectivity index (χ1) is 7.29. The summed E-state index contributed by atoms with van der Waals surface area (Å²) in [4.78, 5) is 4.66. The van der Waals surface area contributed by atoms with Crippen molar-refractivity contribution in [2.45, 2.75) is 18.8 Å². The molecule has 0 saturated heterocycles. The van der Waals surface area contributed by atoms with Gasteiger partial charge in [0, 0.05) is 19.0 Å². The number of methoxy groups -OCH3 is 1. The molecule has 0 radical (unpaired) electrons. The maximum absolute atomic E-state index is 5.22. The maximum atomic E-state index is 5.22. The van der Waals surface area contributed by atoms with E-state index in [1.165, 1.54) is 18.7 Å². The summed E-state index contributed by atoms with van der Waals surface area (Å²) in [6.45, 7) is 0. The Balaban J connectivity index is 2.21. The molecule has 0 unspecified atom stereocenters. The van der Waals surface area contributed by atoms with Crippen molar-refractivity contribution in [2.24, 2.45) is 7.05 Å². The lowest BCUT2D eigenvalue weighted by molar-refractivity contribution is 0.415. The maximum Gasteiger partial charge on any atom is 0.121 e. The SMILES string of the molecule is COc1ccc2nc(C3CC3)n(C)c2c1. The molecule has 0 bridgehead atoms. The van der Waals surface area contributed by atoms with Crippen LogP contribution in [0.3, 0.4) is 0 Å². The van der Waals surface area contributed by atoms with Crippen LogP contribution in [-0.4, -0.2) is 16.7 Å². The first-order valence-corrected chi connectivity index (χ1v) is 5.30. The van der Waals surface area contributed by atoms with Gasteiger partial charge in [0.05, 0.1) is 18.1 Å². The third-order valence-electron chi connectivity index (χ3n) is 3.07. The van der Waals surface area contributed by atoms with Crippen LogP contribution in [0, 0.1) is 0 Å². The lowest BCUT2D eigenvalue weighted by Crippen LogP contribution is -1.94. The first-order valence-electron chi connectivity index (χ1n) is 5.30. The number of imidazole rings is 1. The minimum Gasteiger partial charge on any atom is -0.497 e. The lowest BCUT2D eigenvalue weighted by Gasteiger charge is -2.01. The van der Waals surface area contributed by atoms with Gasteiger partial charge < -0.3 is 9.30 Å². The molecule has 1 fully saturated rings. The Morgan fingerprint density at radius 3 is 2.87 bits per heavy atom. The third kappa shape index (κ3) is 1.30. The summed E-state index contributed by atoms with van der Waals surface area (Å²) in [5, 5.41) is 0. The van der Waals surface area contributed by atoms with Gasteiger partial charge in [-0.3, -0.25) is 0 Å². The molecule has 0 spiro atoms. The zero-order valence-corrected chi connectivity index (χ0v) is 9.03. The van der Waals surface area contributed by atoms with Gasteiger partial charge in [-0.15, -0.1) is 0 Å². The van der Waals surface area contributed by atoms with E-state index in [9.17, 15) is 0 Å². The van der Waals surface area contributed by atoms with E-state index in [2.05, 4.69) is 16.6 Å². The highest BCUT2D eigenvalue weighted by atomic mass is 16.5. The molecule has 1 aliphatic carbocycles. The van der Waals surface area contributed by atoms with Gasteiger partial charge in [-0.05, 0) is 25.0 Å². The fraction of sp³-hybridized carbons (Fsp3) is 0.417. The average Bonchev–Trinajstić information content (AvgIpc) is 3.05. The fourth-order valence-electron chi connectivity index (χ4n) is 2.02. The van der Waals surface area contributed by atoms with Crippen molar-refractivity contribution in [2.75, 3.05) is 7.11 Å². The number of benzene rings is 1. The number of ether oxygens (including phenoxy) is 1.